The predicted molar refractivity (Wildman–Crippen MR) is 35.0 cm³/mol. The van der Waals surface area contributed by atoms with E-state index in [1.165, 1.54) is 4.90 Å². The molecule has 0 aliphatic carbocycles. The number of hydrogen-bond donors (Lipinski definition) is 1. The zero-order valence-electron chi connectivity index (χ0n) is 5.92. The lowest BCUT2D eigenvalue weighted by Gasteiger charge is -2.13. The fourth-order valence-corrected chi connectivity index (χ4v) is 0.581. The molecular weight excluding hydrogens is 118 g/mol. The molecular formula is C6H13NO2. The number of amides is 1. The summed E-state index contributed by atoms with van der Waals surface area (Å²) in [6.07, 6.45) is 0.933. The van der Waals surface area contributed by atoms with Crippen LogP contribution in [0, 0.1) is 0 Å². The molecule has 3 nitrogen and oxygen atoms in total. The van der Waals surface area contributed by atoms with Crippen LogP contribution in [0.5, 0.6) is 0 Å². The molecule has 0 spiro atoms. The predicted octanol–water partition coefficient (Wildman–Crippen LogP) is -0.153. The van der Waals surface area contributed by atoms with Gasteiger partial charge in [-0.15, -0.1) is 0 Å². The van der Waals surface area contributed by atoms with Crippen molar-refractivity contribution in [2.24, 2.45) is 0 Å². The third kappa shape index (κ3) is 3.08. The Labute approximate surface area is 55.3 Å². The van der Waals surface area contributed by atoms with Crippen molar-refractivity contribution in [3.05, 3.63) is 0 Å². The van der Waals surface area contributed by atoms with E-state index >= 15 is 0 Å². The number of carbonyl (C=O) groups is 1. The zero-order valence-corrected chi connectivity index (χ0v) is 5.92. The van der Waals surface area contributed by atoms with E-state index in [-0.39, 0.29) is 12.5 Å². The molecule has 0 heterocycles. The molecule has 0 saturated carbocycles. The minimum atomic E-state index is -0.378. The number of aliphatic hydroxyl groups is 1. The van der Waals surface area contributed by atoms with Gasteiger partial charge in [0.25, 0.3) is 0 Å². The summed E-state index contributed by atoms with van der Waals surface area (Å²) in [6.45, 7) is 2.33. The van der Waals surface area contributed by atoms with Crippen molar-refractivity contribution in [1.82, 2.24) is 4.90 Å². The molecule has 0 fully saturated rings. The Morgan fingerprint density at radius 1 is 1.67 bits per heavy atom. The van der Waals surface area contributed by atoms with Crippen LogP contribution in [-0.4, -0.2) is 36.1 Å². The number of carbonyl (C=O) groups excluding carboxylic acids is 1. The minimum absolute atomic E-state index is 0.211. The van der Waals surface area contributed by atoms with Gasteiger partial charge in [0.05, 0.1) is 0 Å². The molecule has 0 radical (unpaired) electrons. The zero-order chi connectivity index (χ0) is 7.28. The largest absolute Gasteiger partial charge is 0.387 e. The number of rotatable bonds is 3. The molecule has 0 saturated heterocycles. The van der Waals surface area contributed by atoms with Gasteiger partial charge in [0.15, 0.2) is 0 Å². The van der Waals surface area contributed by atoms with E-state index in [1.54, 1.807) is 7.05 Å². The second kappa shape index (κ2) is 4.32. The lowest BCUT2D eigenvalue weighted by molar-refractivity contribution is -0.132. The highest BCUT2D eigenvalue weighted by molar-refractivity contribution is 5.76. The fourth-order valence-electron chi connectivity index (χ4n) is 0.581. The topological polar surface area (TPSA) is 40.5 Å². The Bertz CT molecular complexity index is 93.1. The molecule has 1 amide bonds. The van der Waals surface area contributed by atoms with Crippen LogP contribution in [0.4, 0.5) is 0 Å². The highest BCUT2D eigenvalue weighted by Crippen LogP contribution is 1.85. The first kappa shape index (κ1) is 8.43. The van der Waals surface area contributed by atoms with Gasteiger partial charge in [0.1, 0.15) is 6.61 Å². The quantitative estimate of drug-likeness (QED) is 0.578. The van der Waals surface area contributed by atoms with Gasteiger partial charge in [-0.2, -0.15) is 0 Å². The number of likely N-dealkylation sites (N-methyl/N-ethyl adjacent to an activating group) is 1. The summed E-state index contributed by atoms with van der Waals surface area (Å²) in [5.41, 5.74) is 0. The minimum Gasteiger partial charge on any atom is -0.387 e. The van der Waals surface area contributed by atoms with Crippen LogP contribution in [0.2, 0.25) is 0 Å². The van der Waals surface area contributed by atoms with E-state index in [4.69, 9.17) is 5.11 Å². The molecule has 9 heavy (non-hydrogen) atoms. The van der Waals surface area contributed by atoms with Crippen molar-refractivity contribution in [2.45, 2.75) is 13.3 Å². The molecule has 0 rings (SSSR count). The summed E-state index contributed by atoms with van der Waals surface area (Å²) in [5.74, 6) is -0.211. The number of nitrogens with zero attached hydrogens (tertiary/aromatic N) is 1. The Morgan fingerprint density at radius 3 is 2.56 bits per heavy atom. The highest BCUT2D eigenvalue weighted by atomic mass is 16.3. The first-order chi connectivity index (χ1) is 4.22. The van der Waals surface area contributed by atoms with Crippen LogP contribution in [0.3, 0.4) is 0 Å². The first-order valence-electron chi connectivity index (χ1n) is 3.07. The van der Waals surface area contributed by atoms with Gasteiger partial charge in [-0.25, -0.2) is 0 Å². The van der Waals surface area contributed by atoms with E-state index in [9.17, 15) is 4.79 Å². The van der Waals surface area contributed by atoms with Gasteiger partial charge in [-0.05, 0) is 6.42 Å². The van der Waals surface area contributed by atoms with Gasteiger partial charge >= 0.3 is 0 Å². The maximum Gasteiger partial charge on any atom is 0.248 e. The van der Waals surface area contributed by atoms with E-state index in [0.717, 1.165) is 13.0 Å². The fraction of sp³-hybridized carbons (Fsp3) is 0.833. The number of hydrogen-bond acceptors (Lipinski definition) is 2. The lowest BCUT2D eigenvalue weighted by Crippen LogP contribution is -2.29. The van der Waals surface area contributed by atoms with Crippen molar-refractivity contribution < 1.29 is 9.90 Å². The summed E-state index contributed by atoms with van der Waals surface area (Å²) in [7, 11) is 1.68. The van der Waals surface area contributed by atoms with Gasteiger partial charge < -0.3 is 10.0 Å². The summed E-state index contributed by atoms with van der Waals surface area (Å²) < 4.78 is 0. The van der Waals surface area contributed by atoms with Crippen molar-refractivity contribution in [1.29, 1.82) is 0 Å². The molecule has 1 N–H and O–H groups in total. The third-order valence-corrected chi connectivity index (χ3v) is 1.12. The normalized spacial score (nSPS) is 9.22. The molecule has 0 aromatic rings. The Hall–Kier alpha value is -0.570. The van der Waals surface area contributed by atoms with Crippen LogP contribution in [-0.2, 0) is 4.79 Å². The molecule has 0 aliphatic rings. The van der Waals surface area contributed by atoms with Crippen molar-refractivity contribution in [3.63, 3.8) is 0 Å². The van der Waals surface area contributed by atoms with E-state index in [0.29, 0.717) is 0 Å². The van der Waals surface area contributed by atoms with Crippen LogP contribution >= 0.6 is 0 Å². The number of aliphatic hydroxyl groups excluding tert-OH is 1. The Kier molecular flexibility index (Phi) is 4.05. The maximum atomic E-state index is 10.6. The second-order valence-electron chi connectivity index (χ2n) is 1.97. The van der Waals surface area contributed by atoms with E-state index in [1.807, 2.05) is 6.92 Å². The molecule has 0 aromatic heterocycles. The van der Waals surface area contributed by atoms with Gasteiger partial charge in [0, 0.05) is 13.6 Å². The average molecular weight is 131 g/mol. The van der Waals surface area contributed by atoms with E-state index in [2.05, 4.69) is 0 Å². The summed E-state index contributed by atoms with van der Waals surface area (Å²) in [5, 5.41) is 8.34. The second-order valence-corrected chi connectivity index (χ2v) is 1.97. The standard InChI is InChI=1S/C6H13NO2/c1-3-4-7(2)6(9)5-8/h8H,3-5H2,1-2H3. The molecule has 54 valence electrons. The van der Waals surface area contributed by atoms with Crippen molar-refractivity contribution >= 4 is 5.91 Å². The molecule has 0 bridgehead atoms. The molecule has 0 unspecified atom stereocenters. The van der Waals surface area contributed by atoms with Crippen molar-refractivity contribution in [3.8, 4) is 0 Å². The van der Waals surface area contributed by atoms with Crippen LogP contribution in [0.1, 0.15) is 13.3 Å². The van der Waals surface area contributed by atoms with E-state index < -0.39 is 0 Å². The third-order valence-electron chi connectivity index (χ3n) is 1.12. The Morgan fingerprint density at radius 2 is 2.22 bits per heavy atom. The Balaban J connectivity index is 3.45. The van der Waals surface area contributed by atoms with Gasteiger partial charge in [-0.1, -0.05) is 6.92 Å². The van der Waals surface area contributed by atoms with Crippen LogP contribution < -0.4 is 0 Å². The smallest absolute Gasteiger partial charge is 0.248 e. The monoisotopic (exact) mass is 131 g/mol. The van der Waals surface area contributed by atoms with Gasteiger partial charge in [0.2, 0.25) is 5.91 Å². The van der Waals surface area contributed by atoms with Gasteiger partial charge in [-0.3, -0.25) is 4.79 Å². The molecule has 3 heteroatoms. The SMILES string of the molecule is CCCN(C)C(=O)CO. The molecule has 0 aromatic carbocycles. The van der Waals surface area contributed by atoms with Crippen LogP contribution in [0.15, 0.2) is 0 Å². The lowest BCUT2D eigenvalue weighted by atomic mass is 10.4. The van der Waals surface area contributed by atoms with Crippen molar-refractivity contribution in [2.75, 3.05) is 20.2 Å². The summed E-state index contributed by atoms with van der Waals surface area (Å²) in [4.78, 5) is 12.1. The summed E-state index contributed by atoms with van der Waals surface area (Å²) in [6, 6.07) is 0. The van der Waals surface area contributed by atoms with Crippen LogP contribution in [0.25, 0.3) is 0 Å². The molecule has 0 aliphatic heterocycles. The maximum absolute atomic E-state index is 10.6. The summed E-state index contributed by atoms with van der Waals surface area (Å²) >= 11 is 0. The average Bonchev–Trinajstić information content (AvgIpc) is 1.87. The first-order valence-corrected chi connectivity index (χ1v) is 3.07. The highest BCUT2D eigenvalue weighted by Gasteiger charge is 2.02. The molecule has 0 atom stereocenters.